The molecule has 0 radical (unpaired) electrons. The normalized spacial score (nSPS) is 13.2. The van der Waals surface area contributed by atoms with Gasteiger partial charge in [-0.15, -0.1) is 0 Å². The maximum absolute atomic E-state index is 12.6. The molecule has 1 heterocycles. The molecule has 0 spiro atoms. The minimum atomic E-state index is -0.909. The molecule has 0 aliphatic carbocycles. The SMILES string of the molecule is CC(c1ccccc1)N(C)C(=O)Cn1cnc(C(O)c2ccccc2)n1. The Hall–Kier alpha value is -2.99. The van der Waals surface area contributed by atoms with Gasteiger partial charge in [-0.25, -0.2) is 9.67 Å². The maximum atomic E-state index is 12.6. The predicted octanol–water partition coefficient (Wildman–Crippen LogP) is 2.58. The highest BCUT2D eigenvalue weighted by Crippen LogP contribution is 2.19. The summed E-state index contributed by atoms with van der Waals surface area (Å²) in [4.78, 5) is 18.4. The molecular formula is C20H22N4O2. The highest BCUT2D eigenvalue weighted by molar-refractivity contribution is 5.76. The fourth-order valence-electron chi connectivity index (χ4n) is 2.72. The minimum Gasteiger partial charge on any atom is -0.380 e. The van der Waals surface area contributed by atoms with Gasteiger partial charge in [-0.3, -0.25) is 4.79 Å². The smallest absolute Gasteiger partial charge is 0.244 e. The molecule has 6 heteroatoms. The Kier molecular flexibility index (Phi) is 5.43. The van der Waals surface area contributed by atoms with Crippen LogP contribution in [0.1, 0.15) is 36.0 Å². The first-order valence-electron chi connectivity index (χ1n) is 8.49. The summed E-state index contributed by atoms with van der Waals surface area (Å²) in [6, 6.07) is 19.0. The number of aromatic nitrogens is 3. The molecule has 0 saturated carbocycles. The number of amides is 1. The van der Waals surface area contributed by atoms with Crippen LogP contribution in [0, 0.1) is 0 Å². The number of benzene rings is 2. The van der Waals surface area contributed by atoms with E-state index in [4.69, 9.17) is 0 Å². The highest BCUT2D eigenvalue weighted by Gasteiger charge is 2.19. The third-order valence-electron chi connectivity index (χ3n) is 4.47. The van der Waals surface area contributed by atoms with Gasteiger partial charge in [-0.1, -0.05) is 60.7 Å². The van der Waals surface area contributed by atoms with Gasteiger partial charge in [0.05, 0.1) is 6.04 Å². The van der Waals surface area contributed by atoms with Crippen LogP contribution in [0.15, 0.2) is 67.0 Å². The summed E-state index contributed by atoms with van der Waals surface area (Å²) in [5.41, 5.74) is 1.79. The van der Waals surface area contributed by atoms with Gasteiger partial charge in [-0.2, -0.15) is 5.10 Å². The molecule has 0 fully saturated rings. The molecule has 0 aliphatic rings. The molecule has 6 nitrogen and oxygen atoms in total. The summed E-state index contributed by atoms with van der Waals surface area (Å²) in [6.07, 6.45) is 0.564. The lowest BCUT2D eigenvalue weighted by atomic mass is 10.1. The van der Waals surface area contributed by atoms with E-state index >= 15 is 0 Å². The van der Waals surface area contributed by atoms with Gasteiger partial charge in [-0.05, 0) is 18.1 Å². The molecule has 26 heavy (non-hydrogen) atoms. The lowest BCUT2D eigenvalue weighted by Crippen LogP contribution is -2.32. The summed E-state index contributed by atoms with van der Waals surface area (Å²) in [6.45, 7) is 2.06. The Balaban J connectivity index is 1.66. The van der Waals surface area contributed by atoms with E-state index in [9.17, 15) is 9.90 Å². The van der Waals surface area contributed by atoms with Gasteiger partial charge in [0, 0.05) is 7.05 Å². The van der Waals surface area contributed by atoms with Gasteiger partial charge in [0.25, 0.3) is 0 Å². The fraction of sp³-hybridized carbons (Fsp3) is 0.250. The molecule has 1 aromatic heterocycles. The number of aliphatic hydroxyl groups excluding tert-OH is 1. The van der Waals surface area contributed by atoms with Crippen molar-refractivity contribution in [1.82, 2.24) is 19.7 Å². The number of nitrogens with zero attached hydrogens (tertiary/aromatic N) is 4. The average molecular weight is 350 g/mol. The van der Waals surface area contributed by atoms with Gasteiger partial charge < -0.3 is 10.0 Å². The van der Waals surface area contributed by atoms with Gasteiger partial charge in [0.1, 0.15) is 19.0 Å². The molecule has 2 atom stereocenters. The average Bonchev–Trinajstić information content (AvgIpc) is 3.16. The molecule has 0 aliphatic heterocycles. The predicted molar refractivity (Wildman–Crippen MR) is 98.2 cm³/mol. The van der Waals surface area contributed by atoms with E-state index in [1.54, 1.807) is 11.9 Å². The molecule has 0 bridgehead atoms. The second kappa shape index (κ2) is 7.93. The quantitative estimate of drug-likeness (QED) is 0.742. The second-order valence-electron chi connectivity index (χ2n) is 6.20. The zero-order chi connectivity index (χ0) is 18.5. The van der Waals surface area contributed by atoms with Crippen molar-refractivity contribution < 1.29 is 9.90 Å². The number of hydrogen-bond acceptors (Lipinski definition) is 4. The van der Waals surface area contributed by atoms with Crippen LogP contribution in [0.4, 0.5) is 0 Å². The van der Waals surface area contributed by atoms with Crippen molar-refractivity contribution in [3.8, 4) is 0 Å². The summed E-state index contributed by atoms with van der Waals surface area (Å²) in [7, 11) is 1.77. The largest absolute Gasteiger partial charge is 0.380 e. The number of aliphatic hydroxyl groups is 1. The molecule has 3 rings (SSSR count). The number of likely N-dealkylation sites (N-methyl/N-ethyl adjacent to an activating group) is 1. The van der Waals surface area contributed by atoms with E-state index < -0.39 is 6.10 Å². The fourth-order valence-corrected chi connectivity index (χ4v) is 2.72. The number of carbonyl (C=O) groups excluding carboxylic acids is 1. The Morgan fingerprint density at radius 3 is 2.27 bits per heavy atom. The molecule has 0 saturated heterocycles. The van der Waals surface area contributed by atoms with Crippen LogP contribution in [-0.2, 0) is 11.3 Å². The Morgan fingerprint density at radius 2 is 1.65 bits per heavy atom. The zero-order valence-corrected chi connectivity index (χ0v) is 14.9. The van der Waals surface area contributed by atoms with Crippen LogP contribution in [-0.4, -0.2) is 37.7 Å². The van der Waals surface area contributed by atoms with Crippen molar-refractivity contribution >= 4 is 5.91 Å². The van der Waals surface area contributed by atoms with Crippen LogP contribution >= 0.6 is 0 Å². The van der Waals surface area contributed by atoms with Crippen LogP contribution in [0.25, 0.3) is 0 Å². The van der Waals surface area contributed by atoms with E-state index in [-0.39, 0.29) is 24.3 Å². The van der Waals surface area contributed by atoms with Crippen molar-refractivity contribution in [3.63, 3.8) is 0 Å². The molecule has 2 unspecified atom stereocenters. The van der Waals surface area contributed by atoms with Crippen molar-refractivity contribution in [1.29, 1.82) is 0 Å². The van der Waals surface area contributed by atoms with Gasteiger partial charge >= 0.3 is 0 Å². The molecular weight excluding hydrogens is 328 g/mol. The van der Waals surface area contributed by atoms with Crippen LogP contribution in [0.5, 0.6) is 0 Å². The van der Waals surface area contributed by atoms with Crippen molar-refractivity contribution in [2.45, 2.75) is 25.6 Å². The van der Waals surface area contributed by atoms with Crippen molar-refractivity contribution in [2.24, 2.45) is 0 Å². The van der Waals surface area contributed by atoms with E-state index in [1.807, 2.05) is 67.6 Å². The molecule has 2 aromatic carbocycles. The Morgan fingerprint density at radius 1 is 1.08 bits per heavy atom. The van der Waals surface area contributed by atoms with Gasteiger partial charge in [0.15, 0.2) is 5.82 Å². The highest BCUT2D eigenvalue weighted by atomic mass is 16.3. The molecule has 3 aromatic rings. The monoisotopic (exact) mass is 350 g/mol. The van der Waals surface area contributed by atoms with E-state index in [2.05, 4.69) is 10.1 Å². The first-order chi connectivity index (χ1) is 12.6. The summed E-state index contributed by atoms with van der Waals surface area (Å²) >= 11 is 0. The first kappa shape index (κ1) is 17.8. The topological polar surface area (TPSA) is 71.2 Å². The second-order valence-corrected chi connectivity index (χ2v) is 6.20. The number of rotatable bonds is 6. The number of hydrogen-bond donors (Lipinski definition) is 1. The third-order valence-corrected chi connectivity index (χ3v) is 4.47. The minimum absolute atomic E-state index is 0.0402. The maximum Gasteiger partial charge on any atom is 0.244 e. The third kappa shape index (κ3) is 3.97. The van der Waals surface area contributed by atoms with E-state index in [1.165, 1.54) is 11.0 Å². The Labute approximate surface area is 152 Å². The molecule has 1 amide bonds. The lowest BCUT2D eigenvalue weighted by Gasteiger charge is -2.25. The Bertz CT molecular complexity index is 849. The molecule has 134 valence electrons. The first-order valence-corrected chi connectivity index (χ1v) is 8.49. The van der Waals surface area contributed by atoms with Crippen molar-refractivity contribution in [2.75, 3.05) is 7.05 Å². The molecule has 1 N–H and O–H groups in total. The lowest BCUT2D eigenvalue weighted by molar-refractivity contribution is -0.132. The van der Waals surface area contributed by atoms with E-state index in [0.717, 1.165) is 5.56 Å². The van der Waals surface area contributed by atoms with Gasteiger partial charge in [0.2, 0.25) is 5.91 Å². The standard InChI is InChI=1S/C20H22N4O2/c1-15(16-9-5-3-6-10-16)23(2)18(25)13-24-14-21-20(22-24)19(26)17-11-7-4-8-12-17/h3-12,14-15,19,26H,13H2,1-2H3. The summed E-state index contributed by atoms with van der Waals surface area (Å²) < 4.78 is 1.46. The summed E-state index contributed by atoms with van der Waals surface area (Å²) in [5, 5.41) is 14.6. The van der Waals surface area contributed by atoms with E-state index in [0.29, 0.717) is 5.56 Å². The number of carbonyl (C=O) groups is 1. The van der Waals surface area contributed by atoms with Crippen molar-refractivity contribution in [3.05, 3.63) is 83.9 Å². The summed E-state index contributed by atoms with van der Waals surface area (Å²) in [5.74, 6) is 0.203. The van der Waals surface area contributed by atoms with Crippen LogP contribution in [0.3, 0.4) is 0 Å². The van der Waals surface area contributed by atoms with Crippen LogP contribution < -0.4 is 0 Å². The zero-order valence-electron chi connectivity index (χ0n) is 14.9. The van der Waals surface area contributed by atoms with Crippen LogP contribution in [0.2, 0.25) is 0 Å².